The summed E-state index contributed by atoms with van der Waals surface area (Å²) in [6.07, 6.45) is -1.31. The molecule has 0 spiro atoms. The van der Waals surface area contributed by atoms with E-state index in [0.717, 1.165) is 5.56 Å². The fourth-order valence-electron chi connectivity index (χ4n) is 3.90. The summed E-state index contributed by atoms with van der Waals surface area (Å²) < 4.78 is 58.8. The van der Waals surface area contributed by atoms with Gasteiger partial charge in [0.15, 0.2) is 23.2 Å². The summed E-state index contributed by atoms with van der Waals surface area (Å²) in [5.41, 5.74) is 0.957. The molecule has 3 rings (SSSR count). The first-order valence-electron chi connectivity index (χ1n) is 11.3. The number of nitrogens with zero attached hydrogens (tertiary/aromatic N) is 2. The van der Waals surface area contributed by atoms with E-state index in [1.807, 2.05) is 30.3 Å². The maximum absolute atomic E-state index is 13.8. The molecule has 1 aliphatic rings. The number of amides is 1. The van der Waals surface area contributed by atoms with Crippen molar-refractivity contribution in [1.29, 1.82) is 0 Å². The highest BCUT2D eigenvalue weighted by atomic mass is 19.2. The predicted octanol–water partition coefficient (Wildman–Crippen LogP) is 2.59. The zero-order valence-electron chi connectivity index (χ0n) is 19.6. The van der Waals surface area contributed by atoms with Crippen LogP contribution in [0.1, 0.15) is 18.4 Å². The van der Waals surface area contributed by atoms with Crippen molar-refractivity contribution < 1.29 is 46.6 Å². The Morgan fingerprint density at radius 2 is 1.62 bits per heavy atom. The van der Waals surface area contributed by atoms with Crippen LogP contribution in [0, 0.1) is 29.2 Å². The number of carboxylic acids is 1. The number of carboxylic acid groups (broad SMARTS) is 1. The van der Waals surface area contributed by atoms with Gasteiger partial charge in [-0.3, -0.25) is 24.1 Å². The average molecular weight is 524 g/mol. The fraction of sp³-hybridized carbons (Fsp3) is 0.360. The lowest BCUT2D eigenvalue weighted by molar-refractivity contribution is -0.142. The van der Waals surface area contributed by atoms with Gasteiger partial charge in [-0.15, -0.1) is 0 Å². The van der Waals surface area contributed by atoms with Gasteiger partial charge >= 0.3 is 5.97 Å². The largest absolute Gasteiger partial charge is 0.481 e. The van der Waals surface area contributed by atoms with Crippen LogP contribution in [0.3, 0.4) is 0 Å². The Hall–Kier alpha value is -3.80. The van der Waals surface area contributed by atoms with E-state index in [4.69, 9.17) is 5.11 Å². The molecule has 0 aromatic heterocycles. The number of piperazine rings is 1. The first kappa shape index (κ1) is 27.8. The van der Waals surface area contributed by atoms with Crippen LogP contribution in [0.25, 0.3) is 0 Å². The third-order valence-electron chi connectivity index (χ3n) is 5.79. The lowest BCUT2D eigenvalue weighted by Gasteiger charge is -2.34. The molecule has 0 saturated carbocycles. The van der Waals surface area contributed by atoms with E-state index in [9.17, 15) is 36.7 Å². The number of Topliss-reactive ketones (excluding diaryl/α,β-unsaturated/α-hetero) is 2. The molecule has 198 valence electrons. The van der Waals surface area contributed by atoms with E-state index >= 15 is 0 Å². The van der Waals surface area contributed by atoms with Gasteiger partial charge in [-0.25, -0.2) is 8.78 Å². The van der Waals surface area contributed by atoms with Crippen molar-refractivity contribution in [3.63, 3.8) is 0 Å². The van der Waals surface area contributed by atoms with Crippen molar-refractivity contribution in [2.45, 2.75) is 19.4 Å². The van der Waals surface area contributed by atoms with Gasteiger partial charge in [0.1, 0.15) is 12.4 Å². The normalized spacial score (nSPS) is 14.9. The Morgan fingerprint density at radius 1 is 0.973 bits per heavy atom. The summed E-state index contributed by atoms with van der Waals surface area (Å²) >= 11 is 0. The molecule has 2 aromatic rings. The minimum Gasteiger partial charge on any atom is -0.481 e. The Balaban J connectivity index is 1.55. The number of halogens is 4. The molecule has 1 heterocycles. The van der Waals surface area contributed by atoms with Crippen LogP contribution in [0.15, 0.2) is 36.4 Å². The molecule has 0 aliphatic carbocycles. The number of aliphatic carboxylic acids is 1. The molecule has 0 radical (unpaired) electrons. The Bertz CT molecular complexity index is 1150. The summed E-state index contributed by atoms with van der Waals surface area (Å²) in [6, 6.07) is 9.33. The molecule has 2 aromatic carbocycles. The van der Waals surface area contributed by atoms with Crippen molar-refractivity contribution >= 4 is 23.4 Å². The number of hydrogen-bond donors (Lipinski definition) is 1. The summed E-state index contributed by atoms with van der Waals surface area (Å²) in [4.78, 5) is 52.0. The molecule has 1 saturated heterocycles. The lowest BCUT2D eigenvalue weighted by atomic mass is 9.94. The number of carbonyl (C=O) groups excluding carboxylic acids is 3. The van der Waals surface area contributed by atoms with Crippen molar-refractivity contribution in [1.82, 2.24) is 9.80 Å². The average Bonchev–Trinajstić information content (AvgIpc) is 2.84. The summed E-state index contributed by atoms with van der Waals surface area (Å²) in [6.45, 7) is -0.190. The van der Waals surface area contributed by atoms with Gasteiger partial charge in [-0.1, -0.05) is 30.3 Å². The van der Waals surface area contributed by atoms with Crippen LogP contribution in [-0.2, 0) is 25.7 Å². The van der Waals surface area contributed by atoms with Crippen LogP contribution in [0.4, 0.5) is 17.6 Å². The van der Waals surface area contributed by atoms with Crippen LogP contribution in [-0.4, -0.2) is 71.1 Å². The molecule has 1 atom stereocenters. The van der Waals surface area contributed by atoms with Crippen molar-refractivity contribution in [2.24, 2.45) is 5.92 Å². The van der Waals surface area contributed by atoms with Gasteiger partial charge in [-0.2, -0.15) is 8.78 Å². The topological polar surface area (TPSA) is 104 Å². The summed E-state index contributed by atoms with van der Waals surface area (Å²) in [5.74, 6) is -13.2. The van der Waals surface area contributed by atoms with Crippen LogP contribution >= 0.6 is 0 Å². The smallest absolute Gasteiger partial charge is 0.304 e. The Labute approximate surface area is 209 Å². The predicted molar refractivity (Wildman–Crippen MR) is 120 cm³/mol. The fourth-order valence-corrected chi connectivity index (χ4v) is 3.90. The van der Waals surface area contributed by atoms with E-state index in [1.165, 1.54) is 0 Å². The van der Waals surface area contributed by atoms with Gasteiger partial charge in [0.2, 0.25) is 17.5 Å². The number of benzene rings is 2. The molecule has 37 heavy (non-hydrogen) atoms. The van der Waals surface area contributed by atoms with E-state index in [0.29, 0.717) is 19.6 Å². The second-order valence-corrected chi connectivity index (χ2v) is 8.60. The molecule has 12 heteroatoms. The first-order chi connectivity index (χ1) is 17.5. The Morgan fingerprint density at radius 3 is 2.22 bits per heavy atom. The third-order valence-corrected chi connectivity index (χ3v) is 5.79. The highest BCUT2D eigenvalue weighted by Gasteiger charge is 2.30. The number of ketones is 2. The highest BCUT2D eigenvalue weighted by Crippen LogP contribution is 2.27. The zero-order chi connectivity index (χ0) is 27.1. The minimum atomic E-state index is -1.85. The van der Waals surface area contributed by atoms with Gasteiger partial charge in [0.05, 0.1) is 19.5 Å². The molecule has 0 bridgehead atoms. The molecule has 1 fully saturated rings. The third kappa shape index (κ3) is 7.59. The first-order valence-corrected chi connectivity index (χ1v) is 11.3. The molecular formula is C25H24F4N2O6. The summed E-state index contributed by atoms with van der Waals surface area (Å²) in [7, 11) is 0. The molecule has 1 N–H and O–H groups in total. The second kappa shape index (κ2) is 12.4. The molecule has 8 nitrogen and oxygen atoms in total. The van der Waals surface area contributed by atoms with Crippen LogP contribution in [0.2, 0.25) is 0 Å². The van der Waals surface area contributed by atoms with Crippen molar-refractivity contribution in [3.8, 4) is 5.75 Å². The molecule has 1 amide bonds. The monoisotopic (exact) mass is 524 g/mol. The van der Waals surface area contributed by atoms with Crippen molar-refractivity contribution in [2.75, 3.05) is 32.8 Å². The van der Waals surface area contributed by atoms with Gasteiger partial charge in [0.25, 0.3) is 0 Å². The lowest BCUT2D eigenvalue weighted by Crippen LogP contribution is -2.51. The standard InChI is InChI=1S/C25H24F4N2O6/c26-18-10-19(27)24(29)25(23(18)28)37-14-20(33)16(9-22(35)36)8-17(32)12-30-6-7-31(21(34)13-30)11-15-4-2-1-3-5-15/h1-5,10,16H,6-9,11-14H2,(H,35,36)/t16-/m0/s1. The Kier molecular flexibility index (Phi) is 9.34. The van der Waals surface area contributed by atoms with Gasteiger partial charge in [-0.05, 0) is 5.56 Å². The number of hydrogen-bond acceptors (Lipinski definition) is 6. The van der Waals surface area contributed by atoms with E-state index in [-0.39, 0.29) is 25.1 Å². The molecule has 0 unspecified atom stereocenters. The van der Waals surface area contributed by atoms with E-state index in [2.05, 4.69) is 4.74 Å². The van der Waals surface area contributed by atoms with Gasteiger partial charge < -0.3 is 14.7 Å². The zero-order valence-corrected chi connectivity index (χ0v) is 19.6. The van der Waals surface area contributed by atoms with E-state index in [1.54, 1.807) is 9.80 Å². The van der Waals surface area contributed by atoms with Crippen LogP contribution in [0.5, 0.6) is 5.75 Å². The number of ether oxygens (including phenoxy) is 1. The SMILES string of the molecule is O=C(O)C[C@H](CC(=O)CN1CCN(Cc2ccccc2)C(=O)C1)C(=O)COc1c(F)c(F)cc(F)c1F. The highest BCUT2D eigenvalue weighted by molar-refractivity contribution is 5.92. The van der Waals surface area contributed by atoms with Gasteiger partial charge in [0, 0.05) is 38.0 Å². The number of rotatable bonds is 12. The molecule has 1 aliphatic heterocycles. The number of carbonyl (C=O) groups is 4. The summed E-state index contributed by atoms with van der Waals surface area (Å²) in [5, 5.41) is 9.11. The molecular weight excluding hydrogens is 500 g/mol. The maximum atomic E-state index is 13.8. The quantitative estimate of drug-likeness (QED) is 0.336. The maximum Gasteiger partial charge on any atom is 0.304 e. The van der Waals surface area contributed by atoms with Crippen molar-refractivity contribution in [3.05, 3.63) is 65.2 Å². The van der Waals surface area contributed by atoms with Crippen LogP contribution < -0.4 is 4.74 Å². The minimum absolute atomic E-state index is 0.0303. The second-order valence-electron chi connectivity index (χ2n) is 8.60. The van der Waals surface area contributed by atoms with E-state index < -0.39 is 71.9 Å².